The van der Waals surface area contributed by atoms with Crippen molar-refractivity contribution in [3.63, 3.8) is 0 Å². The summed E-state index contributed by atoms with van der Waals surface area (Å²) in [7, 11) is 3.40. The molecule has 3 N–H and O–H groups in total. The largest absolute Gasteiger partial charge is 0.346 e. The van der Waals surface area contributed by atoms with Crippen molar-refractivity contribution in [1.82, 2.24) is 15.1 Å². The van der Waals surface area contributed by atoms with Crippen LogP contribution in [-0.4, -0.2) is 41.2 Å². The van der Waals surface area contributed by atoms with Crippen LogP contribution in [0.1, 0.15) is 13.8 Å². The summed E-state index contributed by atoms with van der Waals surface area (Å²) in [5.41, 5.74) is 6.36. The topological polar surface area (TPSA) is 93.2 Å². The molecule has 0 unspecified atom stereocenters. The lowest BCUT2D eigenvalue weighted by Crippen LogP contribution is -2.47. The van der Waals surface area contributed by atoms with Crippen molar-refractivity contribution in [3.8, 4) is 0 Å². The number of nitrogens with zero attached hydrogens (tertiary/aromatic N) is 3. The first-order valence-corrected chi connectivity index (χ1v) is 6.11. The van der Waals surface area contributed by atoms with Crippen LogP contribution in [0.25, 0.3) is 0 Å². The Balaban J connectivity index is 2.50. The first-order valence-electron chi connectivity index (χ1n) is 6.11. The maximum absolute atomic E-state index is 11.9. The van der Waals surface area contributed by atoms with Gasteiger partial charge in [-0.3, -0.25) is 14.3 Å². The maximum atomic E-state index is 11.9. The predicted octanol–water partition coefficient (Wildman–Crippen LogP) is -0.518. The molecule has 1 aromatic heterocycles. The standard InChI is InChI=1S/C12H21N5O2/c1-8(2)11(13)12(19)14-6-10(18)17(4)9-5-15-16(3)7-9/h5,7-8,11H,6,13H2,1-4H3,(H,14,19)/t11-/m0/s1. The quantitative estimate of drug-likeness (QED) is 0.751. The zero-order chi connectivity index (χ0) is 14.6. The summed E-state index contributed by atoms with van der Waals surface area (Å²) in [6.45, 7) is 3.63. The van der Waals surface area contributed by atoms with Gasteiger partial charge in [0.2, 0.25) is 11.8 Å². The summed E-state index contributed by atoms with van der Waals surface area (Å²) in [4.78, 5) is 25.0. The minimum absolute atomic E-state index is 0.0335. The van der Waals surface area contributed by atoms with Crippen molar-refractivity contribution in [2.75, 3.05) is 18.5 Å². The minimum Gasteiger partial charge on any atom is -0.346 e. The average Bonchev–Trinajstić information content (AvgIpc) is 2.80. The van der Waals surface area contributed by atoms with Crippen LogP contribution in [0.2, 0.25) is 0 Å². The molecule has 1 aromatic rings. The molecule has 0 aromatic carbocycles. The molecule has 0 radical (unpaired) electrons. The van der Waals surface area contributed by atoms with Gasteiger partial charge in [-0.1, -0.05) is 13.8 Å². The van der Waals surface area contributed by atoms with E-state index < -0.39 is 6.04 Å². The van der Waals surface area contributed by atoms with Gasteiger partial charge in [0.1, 0.15) is 0 Å². The van der Waals surface area contributed by atoms with Gasteiger partial charge in [0.05, 0.1) is 24.5 Å². The molecule has 2 amide bonds. The summed E-state index contributed by atoms with van der Waals surface area (Å²) < 4.78 is 1.60. The Hall–Kier alpha value is -1.89. The van der Waals surface area contributed by atoms with Gasteiger partial charge < -0.3 is 16.0 Å². The van der Waals surface area contributed by atoms with Crippen molar-refractivity contribution in [3.05, 3.63) is 12.4 Å². The third-order valence-electron chi connectivity index (χ3n) is 2.89. The monoisotopic (exact) mass is 267 g/mol. The molecule has 1 heterocycles. The fourth-order valence-corrected chi connectivity index (χ4v) is 1.43. The van der Waals surface area contributed by atoms with Crippen molar-refractivity contribution >= 4 is 17.5 Å². The van der Waals surface area contributed by atoms with Gasteiger partial charge in [-0.2, -0.15) is 5.10 Å². The fraction of sp³-hybridized carbons (Fsp3) is 0.583. The lowest BCUT2D eigenvalue weighted by Gasteiger charge is -2.18. The summed E-state index contributed by atoms with van der Waals surface area (Å²) in [5.74, 6) is -0.508. The van der Waals surface area contributed by atoms with Crippen LogP contribution in [0.5, 0.6) is 0 Å². The molecule has 0 aliphatic rings. The van der Waals surface area contributed by atoms with Gasteiger partial charge in [-0.15, -0.1) is 0 Å². The van der Waals surface area contributed by atoms with Crippen molar-refractivity contribution in [1.29, 1.82) is 0 Å². The number of rotatable bonds is 5. The van der Waals surface area contributed by atoms with Crippen molar-refractivity contribution in [2.45, 2.75) is 19.9 Å². The zero-order valence-corrected chi connectivity index (χ0v) is 11.8. The van der Waals surface area contributed by atoms with E-state index in [4.69, 9.17) is 5.73 Å². The highest BCUT2D eigenvalue weighted by atomic mass is 16.2. The lowest BCUT2D eigenvalue weighted by atomic mass is 10.1. The van der Waals surface area contributed by atoms with Gasteiger partial charge in [0, 0.05) is 20.3 Å². The van der Waals surface area contributed by atoms with Gasteiger partial charge in [0.15, 0.2) is 0 Å². The third-order valence-corrected chi connectivity index (χ3v) is 2.89. The molecule has 7 nitrogen and oxygen atoms in total. The Labute approximate surface area is 112 Å². The van der Waals surface area contributed by atoms with Crippen LogP contribution in [0.15, 0.2) is 12.4 Å². The Morgan fingerprint density at radius 2 is 2.16 bits per heavy atom. The molecule has 0 saturated heterocycles. The molecular weight excluding hydrogens is 246 g/mol. The van der Waals surface area contributed by atoms with Crippen LogP contribution in [0.4, 0.5) is 5.69 Å². The van der Waals surface area contributed by atoms with Crippen LogP contribution < -0.4 is 16.0 Å². The summed E-state index contributed by atoms with van der Waals surface area (Å²) >= 11 is 0. The molecule has 1 rings (SSSR count). The van der Waals surface area contributed by atoms with Gasteiger partial charge in [-0.05, 0) is 5.92 Å². The number of hydrogen-bond acceptors (Lipinski definition) is 4. The number of amides is 2. The fourth-order valence-electron chi connectivity index (χ4n) is 1.43. The molecule has 0 bridgehead atoms. The average molecular weight is 267 g/mol. The number of carbonyl (C=O) groups excluding carboxylic acids is 2. The number of nitrogens with one attached hydrogen (secondary N) is 1. The van der Waals surface area contributed by atoms with Crippen molar-refractivity contribution < 1.29 is 9.59 Å². The molecule has 1 atom stereocenters. The molecule has 0 aliphatic heterocycles. The molecule has 0 aliphatic carbocycles. The molecular formula is C12H21N5O2. The Morgan fingerprint density at radius 3 is 2.63 bits per heavy atom. The van der Waals surface area contributed by atoms with Gasteiger partial charge in [0.25, 0.3) is 0 Å². The van der Waals surface area contributed by atoms with Crippen LogP contribution in [0.3, 0.4) is 0 Å². The number of aryl methyl sites for hydroxylation is 1. The number of carbonyl (C=O) groups is 2. The molecule has 7 heteroatoms. The highest BCUT2D eigenvalue weighted by Gasteiger charge is 2.19. The Morgan fingerprint density at radius 1 is 1.53 bits per heavy atom. The number of aromatic nitrogens is 2. The van der Waals surface area contributed by atoms with E-state index in [1.54, 1.807) is 31.2 Å². The summed E-state index contributed by atoms with van der Waals surface area (Å²) in [6.07, 6.45) is 3.30. The molecule has 106 valence electrons. The normalized spacial score (nSPS) is 12.3. The summed E-state index contributed by atoms with van der Waals surface area (Å²) in [6, 6.07) is -0.600. The molecule has 0 saturated carbocycles. The second-order valence-corrected chi connectivity index (χ2v) is 4.81. The highest BCUT2D eigenvalue weighted by Crippen LogP contribution is 2.09. The second-order valence-electron chi connectivity index (χ2n) is 4.81. The van der Waals surface area contributed by atoms with Crippen LogP contribution in [-0.2, 0) is 16.6 Å². The minimum atomic E-state index is -0.600. The van der Waals surface area contributed by atoms with E-state index >= 15 is 0 Å². The SMILES string of the molecule is CC(C)[C@H](N)C(=O)NCC(=O)N(C)c1cnn(C)c1. The summed E-state index contributed by atoms with van der Waals surface area (Å²) in [5, 5.41) is 6.52. The third kappa shape index (κ3) is 4.06. The van der Waals surface area contributed by atoms with E-state index in [2.05, 4.69) is 10.4 Å². The van der Waals surface area contributed by atoms with Crippen LogP contribution >= 0.6 is 0 Å². The zero-order valence-electron chi connectivity index (χ0n) is 11.8. The number of nitrogens with two attached hydrogens (primary N) is 1. The lowest BCUT2D eigenvalue weighted by molar-refractivity contribution is -0.126. The highest BCUT2D eigenvalue weighted by molar-refractivity contribution is 5.96. The van der Waals surface area contributed by atoms with E-state index in [-0.39, 0.29) is 24.3 Å². The predicted molar refractivity (Wildman–Crippen MR) is 72.4 cm³/mol. The first kappa shape index (κ1) is 15.2. The number of anilines is 1. The molecule has 0 fully saturated rings. The smallest absolute Gasteiger partial charge is 0.246 e. The van der Waals surface area contributed by atoms with E-state index in [1.807, 2.05) is 13.8 Å². The van der Waals surface area contributed by atoms with Gasteiger partial charge in [-0.25, -0.2) is 0 Å². The van der Waals surface area contributed by atoms with Gasteiger partial charge >= 0.3 is 0 Å². The number of likely N-dealkylation sites (N-methyl/N-ethyl adjacent to an activating group) is 1. The van der Waals surface area contributed by atoms with E-state index in [0.717, 1.165) is 0 Å². The maximum Gasteiger partial charge on any atom is 0.246 e. The van der Waals surface area contributed by atoms with Crippen LogP contribution in [0, 0.1) is 5.92 Å². The Kier molecular flexibility index (Phi) is 5.05. The Bertz CT molecular complexity index is 455. The molecule has 0 spiro atoms. The van der Waals surface area contributed by atoms with E-state index in [9.17, 15) is 9.59 Å². The van der Waals surface area contributed by atoms with E-state index in [1.165, 1.54) is 4.90 Å². The second kappa shape index (κ2) is 6.33. The first-order chi connectivity index (χ1) is 8.82. The van der Waals surface area contributed by atoms with E-state index in [0.29, 0.717) is 5.69 Å². The molecule has 19 heavy (non-hydrogen) atoms. The van der Waals surface area contributed by atoms with Crippen molar-refractivity contribution in [2.24, 2.45) is 18.7 Å². The number of hydrogen-bond donors (Lipinski definition) is 2.